The summed E-state index contributed by atoms with van der Waals surface area (Å²) >= 11 is 0. The van der Waals surface area contributed by atoms with E-state index in [4.69, 9.17) is 14.2 Å². The maximum Gasteiger partial charge on any atom is 0.414 e. The highest BCUT2D eigenvalue weighted by molar-refractivity contribution is 5.92. The van der Waals surface area contributed by atoms with Crippen LogP contribution in [0, 0.1) is 0 Å². The maximum atomic E-state index is 11.9. The van der Waals surface area contributed by atoms with Crippen LogP contribution >= 0.6 is 0 Å². The summed E-state index contributed by atoms with van der Waals surface area (Å²) in [4.78, 5) is 24.1. The molecule has 1 rings (SSSR count). The van der Waals surface area contributed by atoms with E-state index in [2.05, 4.69) is 5.32 Å². The third kappa shape index (κ3) is 6.15. The molecule has 0 aliphatic rings. The van der Waals surface area contributed by atoms with Crippen LogP contribution in [0.2, 0.25) is 0 Å². The van der Waals surface area contributed by atoms with Gasteiger partial charge in [-0.3, -0.25) is 10.1 Å². The number of imide groups is 1. The first-order chi connectivity index (χ1) is 11.0. The molecule has 1 aromatic rings. The molecule has 0 aromatic heterocycles. The summed E-state index contributed by atoms with van der Waals surface area (Å²) in [5.74, 6) is 1.09. The van der Waals surface area contributed by atoms with Crippen molar-refractivity contribution in [1.82, 2.24) is 5.32 Å². The first-order valence-electron chi connectivity index (χ1n) is 7.55. The lowest BCUT2D eigenvalue weighted by Gasteiger charge is -2.19. The van der Waals surface area contributed by atoms with Gasteiger partial charge in [-0.15, -0.1) is 0 Å². The number of amides is 2. The molecule has 7 heteroatoms. The van der Waals surface area contributed by atoms with Gasteiger partial charge in [0.05, 0.1) is 32.9 Å². The Balaban J connectivity index is 2.72. The molecule has 23 heavy (non-hydrogen) atoms. The molecular formula is C16H25N2O5+. The van der Waals surface area contributed by atoms with E-state index in [1.54, 1.807) is 21.1 Å². The van der Waals surface area contributed by atoms with E-state index in [0.717, 1.165) is 28.5 Å². The molecule has 2 amide bonds. The van der Waals surface area contributed by atoms with Crippen LogP contribution in [-0.4, -0.2) is 45.9 Å². The molecule has 7 nitrogen and oxygen atoms in total. The molecule has 0 saturated carbocycles. The molecule has 2 N–H and O–H groups in total. The second-order valence-corrected chi connectivity index (χ2v) is 4.90. The summed E-state index contributed by atoms with van der Waals surface area (Å²) in [7, 11) is 3.20. The fourth-order valence-electron chi connectivity index (χ4n) is 2.15. The molecule has 0 aliphatic heterocycles. The highest BCUT2D eigenvalue weighted by Gasteiger charge is 2.18. The summed E-state index contributed by atoms with van der Waals surface area (Å²) in [6.45, 7) is 5.34. The zero-order valence-electron chi connectivity index (χ0n) is 14.1. The van der Waals surface area contributed by atoms with Crippen molar-refractivity contribution in [2.45, 2.75) is 20.4 Å². The van der Waals surface area contributed by atoms with Crippen LogP contribution in [0.1, 0.15) is 19.4 Å². The molecule has 1 atom stereocenters. The van der Waals surface area contributed by atoms with Gasteiger partial charge in [-0.1, -0.05) is 0 Å². The fourth-order valence-corrected chi connectivity index (χ4v) is 2.15. The van der Waals surface area contributed by atoms with E-state index >= 15 is 0 Å². The smallest absolute Gasteiger partial charge is 0.414 e. The number of ether oxygens (including phenoxy) is 3. The van der Waals surface area contributed by atoms with Crippen molar-refractivity contribution in [3.05, 3.63) is 23.8 Å². The molecule has 1 unspecified atom stereocenters. The van der Waals surface area contributed by atoms with Crippen LogP contribution in [0.25, 0.3) is 0 Å². The van der Waals surface area contributed by atoms with Crippen molar-refractivity contribution in [1.29, 1.82) is 0 Å². The minimum atomic E-state index is -0.716. The van der Waals surface area contributed by atoms with Gasteiger partial charge in [0, 0.05) is 0 Å². The van der Waals surface area contributed by atoms with Crippen LogP contribution in [-0.2, 0) is 16.1 Å². The van der Waals surface area contributed by atoms with E-state index in [-0.39, 0.29) is 19.1 Å². The molecule has 0 aliphatic carbocycles. The van der Waals surface area contributed by atoms with Gasteiger partial charge in [-0.25, -0.2) is 4.79 Å². The van der Waals surface area contributed by atoms with Crippen LogP contribution < -0.4 is 19.7 Å². The average molecular weight is 325 g/mol. The third-order valence-electron chi connectivity index (χ3n) is 3.36. The number of hydrogen-bond donors (Lipinski definition) is 2. The Kier molecular flexibility index (Phi) is 7.90. The maximum absolute atomic E-state index is 11.9. The summed E-state index contributed by atoms with van der Waals surface area (Å²) in [5, 5.41) is 2.21. The van der Waals surface area contributed by atoms with Crippen molar-refractivity contribution in [3.8, 4) is 11.5 Å². The minimum Gasteiger partial charge on any atom is -0.497 e. The Morgan fingerprint density at radius 1 is 1.17 bits per heavy atom. The highest BCUT2D eigenvalue weighted by Crippen LogP contribution is 2.23. The predicted octanol–water partition coefficient (Wildman–Crippen LogP) is 0.381. The second kappa shape index (κ2) is 9.68. The number of alkyl carbamates (subject to hydrolysis) is 1. The van der Waals surface area contributed by atoms with Gasteiger partial charge in [-0.05, 0) is 32.0 Å². The molecule has 1 aromatic carbocycles. The van der Waals surface area contributed by atoms with Crippen molar-refractivity contribution < 1.29 is 28.7 Å². The van der Waals surface area contributed by atoms with Crippen molar-refractivity contribution in [2.75, 3.05) is 33.9 Å². The lowest BCUT2D eigenvalue weighted by molar-refractivity contribution is -0.904. The summed E-state index contributed by atoms with van der Waals surface area (Å²) in [6, 6.07) is 5.54. The Labute approximate surface area is 136 Å². The summed E-state index contributed by atoms with van der Waals surface area (Å²) in [5.41, 5.74) is 0.938. The molecule has 0 bridgehead atoms. The summed E-state index contributed by atoms with van der Waals surface area (Å²) in [6.07, 6.45) is -0.716. The van der Waals surface area contributed by atoms with E-state index in [1.807, 2.05) is 25.1 Å². The van der Waals surface area contributed by atoms with Gasteiger partial charge in [-0.2, -0.15) is 0 Å². The van der Waals surface area contributed by atoms with E-state index in [1.165, 1.54) is 0 Å². The topological polar surface area (TPSA) is 78.3 Å². The average Bonchev–Trinajstić information content (AvgIpc) is 2.54. The molecule has 0 radical (unpaired) electrons. The Morgan fingerprint density at radius 3 is 2.48 bits per heavy atom. The zero-order chi connectivity index (χ0) is 17.2. The Bertz CT molecular complexity index is 533. The van der Waals surface area contributed by atoms with Crippen molar-refractivity contribution >= 4 is 12.0 Å². The molecule has 0 saturated heterocycles. The fraction of sp³-hybridized carbons (Fsp3) is 0.500. The number of quaternary nitrogens is 1. The van der Waals surface area contributed by atoms with Crippen molar-refractivity contribution in [2.24, 2.45) is 0 Å². The van der Waals surface area contributed by atoms with Crippen LogP contribution in [0.3, 0.4) is 0 Å². The Hall–Kier alpha value is -2.28. The lowest BCUT2D eigenvalue weighted by atomic mass is 10.1. The number of methoxy groups -OCH3 is 2. The SMILES string of the molecule is CCOC(=O)NC(=O)C[NH+](CC)Cc1cc(OC)ccc1OC. The van der Waals surface area contributed by atoms with Gasteiger partial charge in [0.25, 0.3) is 5.91 Å². The van der Waals surface area contributed by atoms with Gasteiger partial charge in [0.1, 0.15) is 18.0 Å². The van der Waals surface area contributed by atoms with Crippen LogP contribution in [0.15, 0.2) is 18.2 Å². The predicted molar refractivity (Wildman–Crippen MR) is 84.8 cm³/mol. The minimum absolute atomic E-state index is 0.162. The number of likely N-dealkylation sites (N-methyl/N-ethyl adjacent to an activating group) is 1. The largest absolute Gasteiger partial charge is 0.497 e. The standard InChI is InChI=1S/C16H24N2O5/c1-5-18(11-15(19)17-16(20)23-6-2)10-12-9-13(21-3)7-8-14(12)22-4/h7-9H,5-6,10-11H2,1-4H3,(H,17,19,20)/p+1. The second-order valence-electron chi connectivity index (χ2n) is 4.90. The number of rotatable bonds is 8. The van der Waals surface area contributed by atoms with Gasteiger partial charge in [0.15, 0.2) is 6.54 Å². The summed E-state index contributed by atoms with van der Waals surface area (Å²) < 4.78 is 15.3. The molecular weight excluding hydrogens is 300 g/mol. The number of benzene rings is 1. The highest BCUT2D eigenvalue weighted by atomic mass is 16.5. The van der Waals surface area contributed by atoms with Gasteiger partial charge in [0.2, 0.25) is 0 Å². The quantitative estimate of drug-likeness (QED) is 0.722. The molecule has 0 fully saturated rings. The Morgan fingerprint density at radius 2 is 1.91 bits per heavy atom. The van der Waals surface area contributed by atoms with E-state index in [9.17, 15) is 9.59 Å². The van der Waals surface area contributed by atoms with Gasteiger partial charge >= 0.3 is 6.09 Å². The number of carbonyl (C=O) groups is 2. The third-order valence-corrected chi connectivity index (χ3v) is 3.36. The van der Waals surface area contributed by atoms with E-state index in [0.29, 0.717) is 6.54 Å². The number of carbonyl (C=O) groups excluding carboxylic acids is 2. The molecule has 128 valence electrons. The first kappa shape index (κ1) is 18.8. The van der Waals surface area contributed by atoms with Crippen molar-refractivity contribution in [3.63, 3.8) is 0 Å². The van der Waals surface area contributed by atoms with E-state index < -0.39 is 6.09 Å². The number of nitrogens with one attached hydrogen (secondary N) is 2. The monoisotopic (exact) mass is 325 g/mol. The number of hydrogen-bond acceptors (Lipinski definition) is 5. The first-order valence-corrected chi connectivity index (χ1v) is 7.55. The lowest BCUT2D eigenvalue weighted by Crippen LogP contribution is -3.11. The van der Waals surface area contributed by atoms with Crippen LogP contribution in [0.5, 0.6) is 11.5 Å². The van der Waals surface area contributed by atoms with Crippen LogP contribution in [0.4, 0.5) is 4.79 Å². The normalized spacial score (nSPS) is 11.5. The van der Waals surface area contributed by atoms with Gasteiger partial charge < -0.3 is 19.1 Å². The molecule has 0 heterocycles. The zero-order valence-corrected chi connectivity index (χ0v) is 14.1. The molecule has 0 spiro atoms.